The Morgan fingerprint density at radius 2 is 1.73 bits per heavy atom. The molecule has 0 unspecified atom stereocenters. The summed E-state index contributed by atoms with van der Waals surface area (Å²) in [6, 6.07) is 6.34. The van der Waals surface area contributed by atoms with Crippen LogP contribution in [0.5, 0.6) is 0 Å². The van der Waals surface area contributed by atoms with E-state index >= 15 is 0 Å². The number of hydrogen-bond donors (Lipinski definition) is 3. The number of anilines is 2. The molecule has 158 valence electrons. The Morgan fingerprint density at radius 1 is 1.00 bits per heavy atom. The molecule has 0 atom stereocenters. The average molecular weight is 449 g/mol. The molecule has 0 spiro atoms. The number of hydrogen-bond acceptors (Lipinski definition) is 8. The molecule has 0 amide bonds. The summed E-state index contributed by atoms with van der Waals surface area (Å²) in [5.41, 5.74) is 13.6. The highest BCUT2D eigenvalue weighted by Crippen LogP contribution is 2.35. The van der Waals surface area contributed by atoms with Gasteiger partial charge in [0.05, 0.1) is 16.3 Å². The van der Waals surface area contributed by atoms with Gasteiger partial charge in [-0.1, -0.05) is 6.07 Å². The van der Waals surface area contributed by atoms with Gasteiger partial charge in [-0.15, -0.1) is 0 Å². The molecule has 30 heavy (non-hydrogen) atoms. The standard InChI is InChI=1S/C18H20N6O4S2/c19-17-16(29(25,26)23-12-2-3-12)8-11(9-21-17)10-1-6-14-15(7-10)24(18(20)22-14)30(27,28)13-4-5-13/h1,6-9,12-13,23H,2-5H2,(H2,19,21)(H2,20,22). The molecule has 2 aliphatic carbocycles. The maximum atomic E-state index is 12.8. The fourth-order valence-electron chi connectivity index (χ4n) is 3.35. The summed E-state index contributed by atoms with van der Waals surface area (Å²) < 4.78 is 54.5. The van der Waals surface area contributed by atoms with Crippen molar-refractivity contribution in [2.24, 2.45) is 0 Å². The number of nitrogens with zero attached hydrogens (tertiary/aromatic N) is 3. The van der Waals surface area contributed by atoms with E-state index in [-0.39, 0.29) is 22.7 Å². The maximum Gasteiger partial charge on any atom is 0.244 e. The summed E-state index contributed by atoms with van der Waals surface area (Å²) in [6.45, 7) is 0. The fraction of sp³-hybridized carbons (Fsp3) is 0.333. The first-order valence-corrected chi connectivity index (χ1v) is 12.5. The van der Waals surface area contributed by atoms with E-state index in [0.717, 1.165) is 16.8 Å². The van der Waals surface area contributed by atoms with Gasteiger partial charge in [0.1, 0.15) is 10.7 Å². The Bertz CT molecular complexity index is 1390. The monoisotopic (exact) mass is 448 g/mol. The summed E-state index contributed by atoms with van der Waals surface area (Å²) in [6.07, 6.45) is 4.23. The minimum Gasteiger partial charge on any atom is -0.383 e. The van der Waals surface area contributed by atoms with E-state index < -0.39 is 25.3 Å². The molecule has 0 radical (unpaired) electrons. The molecule has 5 N–H and O–H groups in total. The highest BCUT2D eigenvalue weighted by atomic mass is 32.2. The second-order valence-electron chi connectivity index (χ2n) is 7.69. The Morgan fingerprint density at radius 3 is 2.40 bits per heavy atom. The molecule has 10 nitrogen and oxygen atoms in total. The summed E-state index contributed by atoms with van der Waals surface area (Å²) in [5.74, 6) is -0.194. The van der Waals surface area contributed by atoms with Crippen molar-refractivity contribution in [1.82, 2.24) is 18.7 Å². The van der Waals surface area contributed by atoms with Crippen LogP contribution in [0.2, 0.25) is 0 Å². The number of aromatic nitrogens is 3. The average Bonchev–Trinajstić information content (AvgIpc) is 3.58. The lowest BCUT2D eigenvalue weighted by atomic mass is 10.1. The molecule has 0 saturated heterocycles. The van der Waals surface area contributed by atoms with Gasteiger partial charge in [-0.3, -0.25) is 0 Å². The maximum absolute atomic E-state index is 12.8. The highest BCUT2D eigenvalue weighted by Gasteiger charge is 2.39. The highest BCUT2D eigenvalue weighted by molar-refractivity contribution is 7.91. The molecule has 3 aromatic rings. The van der Waals surface area contributed by atoms with Gasteiger partial charge in [0.25, 0.3) is 0 Å². The predicted octanol–water partition coefficient (Wildman–Crippen LogP) is 1.04. The van der Waals surface area contributed by atoms with Crippen LogP contribution < -0.4 is 16.2 Å². The third-order valence-corrected chi connectivity index (χ3v) is 9.00. The van der Waals surface area contributed by atoms with Gasteiger partial charge < -0.3 is 11.5 Å². The normalized spacial score (nSPS) is 17.5. The van der Waals surface area contributed by atoms with Crippen molar-refractivity contribution in [3.05, 3.63) is 30.5 Å². The van der Waals surface area contributed by atoms with Crippen LogP contribution in [-0.4, -0.2) is 42.1 Å². The summed E-state index contributed by atoms with van der Waals surface area (Å²) in [4.78, 5) is 8.09. The zero-order chi connectivity index (χ0) is 21.3. The fourth-order valence-corrected chi connectivity index (χ4v) is 6.51. The minimum absolute atomic E-state index is 0.0700. The van der Waals surface area contributed by atoms with Gasteiger partial charge in [-0.2, -0.15) is 0 Å². The van der Waals surface area contributed by atoms with Gasteiger partial charge in [-0.05, 0) is 49.4 Å². The Kier molecular flexibility index (Phi) is 4.11. The Labute approximate surface area is 173 Å². The third-order valence-electron chi connectivity index (χ3n) is 5.24. The number of pyridine rings is 1. The lowest BCUT2D eigenvalue weighted by molar-refractivity contribution is 0.580. The lowest BCUT2D eigenvalue weighted by Crippen LogP contribution is -2.26. The first-order valence-electron chi connectivity index (χ1n) is 9.47. The van der Waals surface area contributed by atoms with Crippen molar-refractivity contribution >= 4 is 42.8 Å². The molecule has 0 aliphatic heterocycles. The summed E-state index contributed by atoms with van der Waals surface area (Å²) in [5, 5.41) is -0.454. The molecule has 2 aromatic heterocycles. The zero-order valence-corrected chi connectivity index (χ0v) is 17.4. The number of imidazole rings is 1. The molecule has 2 aliphatic rings. The lowest BCUT2D eigenvalue weighted by Gasteiger charge is -2.11. The van der Waals surface area contributed by atoms with Gasteiger partial charge in [-0.25, -0.2) is 35.5 Å². The van der Waals surface area contributed by atoms with Gasteiger partial charge in [0.15, 0.2) is 0 Å². The smallest absolute Gasteiger partial charge is 0.244 e. The van der Waals surface area contributed by atoms with Crippen LogP contribution in [0.1, 0.15) is 25.7 Å². The van der Waals surface area contributed by atoms with Crippen LogP contribution in [-0.2, 0) is 20.0 Å². The number of nitrogens with one attached hydrogen (secondary N) is 1. The second kappa shape index (κ2) is 6.40. The van der Waals surface area contributed by atoms with E-state index in [9.17, 15) is 16.8 Å². The number of nitrogen functional groups attached to an aromatic ring is 2. The van der Waals surface area contributed by atoms with Crippen molar-refractivity contribution in [2.75, 3.05) is 11.5 Å². The Balaban J connectivity index is 1.63. The first kappa shape index (κ1) is 19.3. The van der Waals surface area contributed by atoms with Crippen LogP contribution in [0.15, 0.2) is 35.4 Å². The van der Waals surface area contributed by atoms with Crippen LogP contribution in [0.3, 0.4) is 0 Å². The van der Waals surface area contributed by atoms with Crippen molar-refractivity contribution in [3.8, 4) is 11.1 Å². The number of fused-ring (bicyclic) bond motifs is 1. The second-order valence-corrected chi connectivity index (χ2v) is 11.4. The van der Waals surface area contributed by atoms with E-state index in [4.69, 9.17) is 11.5 Å². The largest absolute Gasteiger partial charge is 0.383 e. The van der Waals surface area contributed by atoms with Crippen LogP contribution in [0.25, 0.3) is 22.2 Å². The molecule has 2 fully saturated rings. The summed E-state index contributed by atoms with van der Waals surface area (Å²) in [7, 11) is -7.44. The quantitative estimate of drug-likeness (QED) is 0.503. The summed E-state index contributed by atoms with van der Waals surface area (Å²) >= 11 is 0. The molecule has 2 heterocycles. The Hall–Kier alpha value is -2.70. The third kappa shape index (κ3) is 3.20. The van der Waals surface area contributed by atoms with Crippen LogP contribution >= 0.6 is 0 Å². The van der Waals surface area contributed by atoms with E-state index in [0.29, 0.717) is 35.0 Å². The number of sulfonamides is 1. The van der Waals surface area contributed by atoms with E-state index in [1.54, 1.807) is 18.2 Å². The van der Waals surface area contributed by atoms with Crippen molar-refractivity contribution in [3.63, 3.8) is 0 Å². The molecular formula is C18H20N6O4S2. The van der Waals surface area contributed by atoms with Crippen LogP contribution in [0, 0.1) is 0 Å². The SMILES string of the molecule is Nc1ncc(-c2ccc3nc(N)n(S(=O)(=O)C4CC4)c3c2)cc1S(=O)(=O)NC1CC1. The topological polar surface area (TPSA) is 163 Å². The van der Waals surface area contributed by atoms with Gasteiger partial charge in [0, 0.05) is 17.8 Å². The van der Waals surface area contributed by atoms with Gasteiger partial charge in [0.2, 0.25) is 26.0 Å². The number of benzene rings is 1. The molecule has 2 saturated carbocycles. The van der Waals surface area contributed by atoms with Crippen LogP contribution in [0.4, 0.5) is 11.8 Å². The molecule has 12 heteroatoms. The van der Waals surface area contributed by atoms with E-state index in [1.165, 1.54) is 12.3 Å². The molecule has 5 rings (SSSR count). The zero-order valence-electron chi connectivity index (χ0n) is 15.8. The molecule has 1 aromatic carbocycles. The predicted molar refractivity (Wildman–Crippen MR) is 112 cm³/mol. The van der Waals surface area contributed by atoms with Gasteiger partial charge >= 0.3 is 0 Å². The first-order chi connectivity index (χ1) is 14.2. The van der Waals surface area contributed by atoms with Crippen molar-refractivity contribution in [2.45, 2.75) is 41.9 Å². The number of rotatable bonds is 6. The van der Waals surface area contributed by atoms with E-state index in [1.807, 2.05) is 0 Å². The molecular weight excluding hydrogens is 428 g/mol. The van der Waals surface area contributed by atoms with Crippen molar-refractivity contribution < 1.29 is 16.8 Å². The number of nitrogens with two attached hydrogens (primary N) is 2. The molecule has 0 bridgehead atoms. The van der Waals surface area contributed by atoms with Crippen molar-refractivity contribution in [1.29, 1.82) is 0 Å². The van der Waals surface area contributed by atoms with E-state index in [2.05, 4.69) is 14.7 Å². The minimum atomic E-state index is -3.80.